The molecule has 5 rings (SSSR count). The number of aliphatic hydroxyl groups is 1. The Morgan fingerprint density at radius 3 is 2.41 bits per heavy atom. The lowest BCUT2D eigenvalue weighted by molar-refractivity contribution is -0.152. The number of carbonyl (C=O) groups is 1. The molecule has 5 heteroatoms. The maximum Gasteiger partial charge on any atom is 0.320 e. The molecule has 2 unspecified atom stereocenters. The molecule has 0 radical (unpaired) electrons. The summed E-state index contributed by atoms with van der Waals surface area (Å²) in [6, 6.07) is 0.264. The zero-order valence-electron chi connectivity index (χ0n) is 13.6. The van der Waals surface area contributed by atoms with Crippen LogP contribution in [0, 0.1) is 17.8 Å². The molecule has 4 bridgehead atoms. The molecular weight excluding hydrogens is 283 g/mol. The van der Waals surface area contributed by atoms with E-state index < -0.39 is 12.3 Å². The van der Waals surface area contributed by atoms with E-state index in [1.807, 2.05) is 18.7 Å². The van der Waals surface area contributed by atoms with Crippen molar-refractivity contribution in [1.82, 2.24) is 9.80 Å². The van der Waals surface area contributed by atoms with E-state index in [9.17, 15) is 14.3 Å². The summed E-state index contributed by atoms with van der Waals surface area (Å²) in [6.07, 6.45) is 4.95. The van der Waals surface area contributed by atoms with E-state index in [-0.39, 0.29) is 24.2 Å². The molecule has 0 aromatic carbocycles. The third-order valence-corrected chi connectivity index (χ3v) is 6.62. The second-order valence-electron chi connectivity index (χ2n) is 8.75. The summed E-state index contributed by atoms with van der Waals surface area (Å²) in [6.45, 7) is 4.46. The summed E-state index contributed by atoms with van der Waals surface area (Å²) in [7, 11) is 0. The number of urea groups is 1. The fraction of sp³-hybridized carbons (Fsp3) is 0.941. The Balaban J connectivity index is 1.59. The van der Waals surface area contributed by atoms with Gasteiger partial charge in [-0.2, -0.15) is 0 Å². The van der Waals surface area contributed by atoms with E-state index in [0.717, 1.165) is 32.1 Å². The van der Waals surface area contributed by atoms with Gasteiger partial charge in [-0.15, -0.1) is 0 Å². The van der Waals surface area contributed by atoms with Crippen LogP contribution in [0.5, 0.6) is 0 Å². The van der Waals surface area contributed by atoms with Gasteiger partial charge in [0.15, 0.2) is 0 Å². The van der Waals surface area contributed by atoms with Crippen LogP contribution in [0.4, 0.5) is 9.18 Å². The Hall–Kier alpha value is -0.840. The average molecular weight is 310 g/mol. The topological polar surface area (TPSA) is 43.8 Å². The van der Waals surface area contributed by atoms with Crippen molar-refractivity contribution < 1.29 is 14.3 Å². The quantitative estimate of drug-likeness (QED) is 0.870. The summed E-state index contributed by atoms with van der Waals surface area (Å²) in [4.78, 5) is 16.6. The van der Waals surface area contributed by atoms with Gasteiger partial charge in [0.2, 0.25) is 0 Å². The number of nitrogens with zero attached hydrogens (tertiary/aromatic N) is 2. The highest BCUT2D eigenvalue weighted by Gasteiger charge is 2.59. The third kappa shape index (κ3) is 2.00. The molecule has 1 N–H and O–H groups in total. The van der Waals surface area contributed by atoms with Crippen molar-refractivity contribution >= 4 is 6.03 Å². The zero-order chi connectivity index (χ0) is 15.7. The van der Waals surface area contributed by atoms with Crippen molar-refractivity contribution in [3.8, 4) is 0 Å². The summed E-state index contributed by atoms with van der Waals surface area (Å²) in [5.41, 5.74) is -0.765. The largest absolute Gasteiger partial charge is 0.390 e. The van der Waals surface area contributed by atoms with Crippen LogP contribution < -0.4 is 0 Å². The van der Waals surface area contributed by atoms with Crippen molar-refractivity contribution in [3.63, 3.8) is 0 Å². The molecule has 4 aliphatic carbocycles. The SMILES string of the molecule is CC1(C)CN(C2C3CC4CC2CC(O)(C4)C3)C(=O)N1CCF. The summed E-state index contributed by atoms with van der Waals surface area (Å²) in [5, 5.41) is 10.7. The lowest BCUT2D eigenvalue weighted by atomic mass is 9.52. The lowest BCUT2D eigenvalue weighted by Crippen LogP contribution is -2.62. The number of alkyl halides is 1. The Bertz CT molecular complexity index is 479. The van der Waals surface area contributed by atoms with E-state index >= 15 is 0 Å². The Labute approximate surface area is 131 Å². The number of rotatable bonds is 3. The second kappa shape index (κ2) is 4.59. The number of hydrogen-bond donors (Lipinski definition) is 1. The van der Waals surface area contributed by atoms with Crippen molar-refractivity contribution in [2.24, 2.45) is 17.8 Å². The van der Waals surface area contributed by atoms with Gasteiger partial charge in [0, 0.05) is 12.6 Å². The molecule has 5 fully saturated rings. The van der Waals surface area contributed by atoms with Gasteiger partial charge in [0.05, 0.1) is 17.7 Å². The van der Waals surface area contributed by atoms with Gasteiger partial charge in [0.1, 0.15) is 6.67 Å². The first-order valence-corrected chi connectivity index (χ1v) is 8.70. The van der Waals surface area contributed by atoms with Gasteiger partial charge >= 0.3 is 6.03 Å². The van der Waals surface area contributed by atoms with Crippen LogP contribution in [0.1, 0.15) is 46.0 Å². The van der Waals surface area contributed by atoms with Crippen molar-refractivity contribution in [2.75, 3.05) is 19.8 Å². The van der Waals surface area contributed by atoms with Crippen LogP contribution >= 0.6 is 0 Å². The highest BCUT2D eigenvalue weighted by molar-refractivity contribution is 5.78. The van der Waals surface area contributed by atoms with E-state index in [2.05, 4.69) is 0 Å². The first-order chi connectivity index (χ1) is 10.3. The smallest absolute Gasteiger partial charge is 0.320 e. The van der Waals surface area contributed by atoms with Crippen LogP contribution in [0.2, 0.25) is 0 Å². The normalized spacial score (nSPS) is 45.9. The van der Waals surface area contributed by atoms with Crippen LogP contribution in [0.15, 0.2) is 0 Å². The molecule has 0 aromatic heterocycles. The second-order valence-corrected chi connectivity index (χ2v) is 8.75. The van der Waals surface area contributed by atoms with Gasteiger partial charge < -0.3 is 14.9 Å². The standard InChI is InChI=1S/C17H27FN2O2/c1-16(2)10-19(15(21)20(16)4-3-18)14-12-5-11-6-13(14)9-17(22,7-11)8-12/h11-14,22H,3-10H2,1-2H3. The summed E-state index contributed by atoms with van der Waals surface area (Å²) >= 11 is 0. The predicted molar refractivity (Wildman–Crippen MR) is 81.2 cm³/mol. The lowest BCUT2D eigenvalue weighted by Gasteiger charge is -2.59. The molecule has 0 aromatic rings. The van der Waals surface area contributed by atoms with E-state index in [1.54, 1.807) is 4.90 Å². The molecule has 0 spiro atoms. The molecule has 1 heterocycles. The van der Waals surface area contributed by atoms with Gasteiger partial charge in [0.25, 0.3) is 0 Å². The van der Waals surface area contributed by atoms with Gasteiger partial charge in [-0.05, 0) is 63.7 Å². The predicted octanol–water partition coefficient (Wildman–Crippen LogP) is 2.41. The van der Waals surface area contributed by atoms with Crippen molar-refractivity contribution in [3.05, 3.63) is 0 Å². The molecule has 2 atom stereocenters. The Morgan fingerprint density at radius 1 is 1.23 bits per heavy atom. The first kappa shape index (κ1) is 14.7. The molecule has 5 aliphatic rings. The van der Waals surface area contributed by atoms with E-state index in [4.69, 9.17) is 0 Å². The molecule has 22 heavy (non-hydrogen) atoms. The highest BCUT2D eigenvalue weighted by atomic mass is 19.1. The summed E-state index contributed by atoms with van der Waals surface area (Å²) in [5.74, 6) is 1.51. The van der Waals surface area contributed by atoms with Gasteiger partial charge in [-0.1, -0.05) is 0 Å². The highest BCUT2D eigenvalue weighted by Crippen LogP contribution is 2.57. The van der Waals surface area contributed by atoms with E-state index in [0.29, 0.717) is 24.3 Å². The first-order valence-electron chi connectivity index (χ1n) is 8.70. The van der Waals surface area contributed by atoms with Crippen molar-refractivity contribution in [2.45, 2.75) is 63.1 Å². The molecule has 124 valence electrons. The Kier molecular flexibility index (Phi) is 3.07. The minimum absolute atomic E-state index is 0.00659. The monoisotopic (exact) mass is 310 g/mol. The molecule has 4 saturated carbocycles. The molecule has 1 aliphatic heterocycles. The van der Waals surface area contributed by atoms with Crippen LogP contribution in [-0.4, -0.2) is 57.9 Å². The number of halogens is 1. The Morgan fingerprint density at radius 2 is 1.86 bits per heavy atom. The number of hydrogen-bond acceptors (Lipinski definition) is 2. The van der Waals surface area contributed by atoms with Crippen LogP contribution in [0.3, 0.4) is 0 Å². The third-order valence-electron chi connectivity index (χ3n) is 6.62. The fourth-order valence-corrected chi connectivity index (χ4v) is 6.16. The summed E-state index contributed by atoms with van der Waals surface area (Å²) < 4.78 is 12.8. The zero-order valence-corrected chi connectivity index (χ0v) is 13.6. The van der Waals surface area contributed by atoms with Crippen molar-refractivity contribution in [1.29, 1.82) is 0 Å². The minimum Gasteiger partial charge on any atom is -0.390 e. The van der Waals surface area contributed by atoms with Gasteiger partial charge in [-0.3, -0.25) is 0 Å². The molecule has 4 nitrogen and oxygen atoms in total. The maximum absolute atomic E-state index is 12.8. The molecular formula is C17H27FN2O2. The molecule has 1 saturated heterocycles. The minimum atomic E-state index is -0.484. The number of amides is 2. The fourth-order valence-electron chi connectivity index (χ4n) is 6.16. The maximum atomic E-state index is 12.8. The number of carbonyl (C=O) groups excluding carboxylic acids is 1. The molecule has 2 amide bonds. The van der Waals surface area contributed by atoms with Gasteiger partial charge in [-0.25, -0.2) is 9.18 Å². The van der Waals surface area contributed by atoms with Crippen LogP contribution in [-0.2, 0) is 0 Å². The van der Waals surface area contributed by atoms with E-state index in [1.165, 1.54) is 0 Å². The van der Waals surface area contributed by atoms with Crippen LogP contribution in [0.25, 0.3) is 0 Å². The average Bonchev–Trinajstić information content (AvgIpc) is 2.60.